The van der Waals surface area contributed by atoms with Crippen LogP contribution in [-0.4, -0.2) is 24.4 Å². The Kier molecular flexibility index (Phi) is 7.80. The van der Waals surface area contributed by atoms with Gasteiger partial charge in [-0.1, -0.05) is 35.0 Å². The molecular weight excluding hydrogens is 419 g/mol. The van der Waals surface area contributed by atoms with E-state index in [9.17, 15) is 9.59 Å². The molecule has 6 heteroatoms. The van der Waals surface area contributed by atoms with Gasteiger partial charge in [0.15, 0.2) is 0 Å². The highest BCUT2D eigenvalue weighted by Crippen LogP contribution is 2.24. The predicted octanol–water partition coefficient (Wildman–Crippen LogP) is 3.80. The molecule has 0 saturated heterocycles. The molecule has 0 aromatic heterocycles. The number of halogens is 2. The zero-order chi connectivity index (χ0) is 21.3. The zero-order valence-electron chi connectivity index (χ0n) is 16.2. The van der Waals surface area contributed by atoms with E-state index in [0.29, 0.717) is 22.5 Å². The third-order valence-corrected chi connectivity index (χ3v) is 5.26. The Morgan fingerprint density at radius 1 is 0.833 bits per heavy atom. The van der Waals surface area contributed by atoms with Crippen molar-refractivity contribution in [3.63, 3.8) is 0 Å². The van der Waals surface area contributed by atoms with E-state index in [1.165, 1.54) is 0 Å². The van der Waals surface area contributed by atoms with Crippen LogP contribution in [-0.2, 0) is 9.59 Å². The van der Waals surface area contributed by atoms with Crippen LogP contribution in [0.5, 0.6) is 0 Å². The molecule has 2 aromatic carbocycles. The van der Waals surface area contributed by atoms with E-state index in [0.717, 1.165) is 30.4 Å². The number of benzene rings is 2. The molecule has 3 rings (SSSR count). The topological polar surface area (TPSA) is 58.2 Å². The van der Waals surface area contributed by atoms with Gasteiger partial charge in [-0.2, -0.15) is 0 Å². The van der Waals surface area contributed by atoms with Gasteiger partial charge in [-0.25, -0.2) is 0 Å². The molecule has 0 heterocycles. The molecule has 1 saturated carbocycles. The number of nitrogens with one attached hydrogen (secondary N) is 2. The Labute approximate surface area is 186 Å². The highest BCUT2D eigenvalue weighted by atomic mass is 35.5. The Morgan fingerprint density at radius 3 is 1.93 bits per heavy atom. The van der Waals surface area contributed by atoms with E-state index in [2.05, 4.69) is 34.3 Å². The molecule has 0 aliphatic heterocycles. The van der Waals surface area contributed by atoms with E-state index in [4.69, 9.17) is 23.2 Å². The lowest BCUT2D eigenvalue weighted by atomic mass is 10.1. The van der Waals surface area contributed by atoms with Crippen molar-refractivity contribution in [3.8, 4) is 23.7 Å². The molecular formula is C24H20Cl2N2O2. The number of carbonyl (C=O) groups is 2. The van der Waals surface area contributed by atoms with Crippen molar-refractivity contribution >= 4 is 35.0 Å². The summed E-state index contributed by atoms with van der Waals surface area (Å²) in [6.45, 7) is 0.539. The summed E-state index contributed by atoms with van der Waals surface area (Å²) in [7, 11) is 0. The summed E-state index contributed by atoms with van der Waals surface area (Å²) in [6, 6.07) is 14.1. The van der Waals surface area contributed by atoms with Crippen molar-refractivity contribution in [3.05, 3.63) is 69.7 Å². The lowest BCUT2D eigenvalue weighted by Crippen LogP contribution is -2.33. The van der Waals surface area contributed by atoms with Gasteiger partial charge < -0.3 is 10.6 Å². The van der Waals surface area contributed by atoms with Gasteiger partial charge in [0, 0.05) is 45.6 Å². The maximum absolute atomic E-state index is 12.0. The quantitative estimate of drug-likeness (QED) is 0.715. The van der Waals surface area contributed by atoms with Gasteiger partial charge in [-0.05, 0) is 73.7 Å². The summed E-state index contributed by atoms with van der Waals surface area (Å²) in [5, 5.41) is 7.04. The molecule has 0 bridgehead atoms. The molecule has 1 aliphatic carbocycles. The molecule has 1 aliphatic rings. The van der Waals surface area contributed by atoms with Crippen molar-refractivity contribution in [2.45, 2.75) is 25.3 Å². The first-order chi connectivity index (χ1) is 14.5. The first-order valence-electron chi connectivity index (χ1n) is 9.61. The smallest absolute Gasteiger partial charge is 0.296 e. The molecule has 2 N–H and O–H groups in total. The molecule has 30 heavy (non-hydrogen) atoms. The van der Waals surface area contributed by atoms with E-state index in [1.807, 2.05) is 0 Å². The molecule has 2 unspecified atom stereocenters. The van der Waals surface area contributed by atoms with Crippen LogP contribution < -0.4 is 10.6 Å². The minimum atomic E-state index is -0.314. The number of hydrogen-bond donors (Lipinski definition) is 2. The Morgan fingerprint density at radius 2 is 1.37 bits per heavy atom. The molecule has 1 fully saturated rings. The Balaban J connectivity index is 1.40. The summed E-state index contributed by atoms with van der Waals surface area (Å²) in [5.41, 5.74) is 1.47. The van der Waals surface area contributed by atoms with Crippen molar-refractivity contribution < 1.29 is 9.59 Å². The van der Waals surface area contributed by atoms with Crippen LogP contribution in [0.15, 0.2) is 48.5 Å². The first-order valence-corrected chi connectivity index (χ1v) is 10.4. The fourth-order valence-electron chi connectivity index (χ4n) is 3.22. The number of amides is 2. The van der Waals surface area contributed by atoms with Gasteiger partial charge in [-0.3, -0.25) is 9.59 Å². The van der Waals surface area contributed by atoms with E-state index in [-0.39, 0.29) is 17.9 Å². The highest BCUT2D eigenvalue weighted by molar-refractivity contribution is 6.30. The van der Waals surface area contributed by atoms with Gasteiger partial charge >= 0.3 is 0 Å². The predicted molar refractivity (Wildman–Crippen MR) is 119 cm³/mol. The van der Waals surface area contributed by atoms with Gasteiger partial charge in [0.05, 0.1) is 0 Å². The van der Waals surface area contributed by atoms with E-state index < -0.39 is 0 Å². The molecule has 4 nitrogen and oxygen atoms in total. The zero-order valence-corrected chi connectivity index (χ0v) is 17.7. The average molecular weight is 439 g/mol. The van der Waals surface area contributed by atoms with Gasteiger partial charge in [0.25, 0.3) is 11.8 Å². The third kappa shape index (κ3) is 7.16. The SMILES string of the molecule is O=C(C#Cc1ccc(Cl)cc1)NCC1CCC(NC(=O)C#Cc2ccc(Cl)cc2)C1. The molecule has 0 radical (unpaired) electrons. The third-order valence-electron chi connectivity index (χ3n) is 4.76. The van der Waals surface area contributed by atoms with Gasteiger partial charge in [0.1, 0.15) is 0 Å². The maximum Gasteiger partial charge on any atom is 0.296 e. The number of carbonyl (C=O) groups excluding carboxylic acids is 2. The second kappa shape index (κ2) is 10.7. The minimum absolute atomic E-state index is 0.0686. The summed E-state index contributed by atoms with van der Waals surface area (Å²) in [5.74, 6) is 10.5. The molecule has 2 amide bonds. The highest BCUT2D eigenvalue weighted by Gasteiger charge is 2.25. The Bertz CT molecular complexity index is 1030. The fraction of sp³-hybridized carbons (Fsp3) is 0.250. The van der Waals surface area contributed by atoms with Gasteiger partial charge in [-0.15, -0.1) is 0 Å². The van der Waals surface area contributed by atoms with Crippen LogP contribution in [0.1, 0.15) is 30.4 Å². The van der Waals surface area contributed by atoms with E-state index >= 15 is 0 Å². The maximum atomic E-state index is 12.0. The number of rotatable bonds is 3. The lowest BCUT2D eigenvalue weighted by molar-refractivity contribution is -0.117. The van der Waals surface area contributed by atoms with Gasteiger partial charge in [0.2, 0.25) is 0 Å². The molecule has 2 aromatic rings. The van der Waals surface area contributed by atoms with Crippen LogP contribution >= 0.6 is 23.2 Å². The molecule has 2 atom stereocenters. The van der Waals surface area contributed by atoms with Crippen molar-refractivity contribution in [1.29, 1.82) is 0 Å². The summed E-state index contributed by atoms with van der Waals surface area (Å²) >= 11 is 11.7. The lowest BCUT2D eigenvalue weighted by Gasteiger charge is -2.11. The van der Waals surface area contributed by atoms with Crippen molar-refractivity contribution in [1.82, 2.24) is 10.6 Å². The Hall–Kier alpha value is -2.92. The van der Waals surface area contributed by atoms with Crippen molar-refractivity contribution in [2.75, 3.05) is 6.54 Å². The van der Waals surface area contributed by atoms with Crippen LogP contribution in [0.3, 0.4) is 0 Å². The summed E-state index contributed by atoms with van der Waals surface area (Å²) in [4.78, 5) is 24.0. The second-order valence-electron chi connectivity index (χ2n) is 7.07. The van der Waals surface area contributed by atoms with Crippen LogP contribution in [0.2, 0.25) is 10.0 Å². The first kappa shape index (κ1) is 21.8. The summed E-state index contributed by atoms with van der Waals surface area (Å²) in [6.07, 6.45) is 2.60. The fourth-order valence-corrected chi connectivity index (χ4v) is 3.47. The minimum Gasteiger partial charge on any atom is -0.345 e. The molecule has 0 spiro atoms. The van der Waals surface area contributed by atoms with Crippen LogP contribution in [0, 0.1) is 29.6 Å². The molecule has 152 valence electrons. The standard InChI is InChI=1S/C24H20Cl2N2O2/c25-20-8-1-17(2-9-20)6-13-23(29)27-16-19-5-12-22(15-19)28-24(30)14-7-18-3-10-21(26)11-4-18/h1-4,8-11,19,22H,5,12,15-16H2,(H,27,29)(H,28,30). The van der Waals surface area contributed by atoms with E-state index in [1.54, 1.807) is 48.5 Å². The number of hydrogen-bond acceptors (Lipinski definition) is 2. The largest absolute Gasteiger partial charge is 0.345 e. The van der Waals surface area contributed by atoms with Crippen LogP contribution in [0.25, 0.3) is 0 Å². The van der Waals surface area contributed by atoms with Crippen LogP contribution in [0.4, 0.5) is 0 Å². The summed E-state index contributed by atoms with van der Waals surface area (Å²) < 4.78 is 0. The monoisotopic (exact) mass is 438 g/mol. The normalized spacial score (nSPS) is 17.1. The average Bonchev–Trinajstić information content (AvgIpc) is 3.18. The van der Waals surface area contributed by atoms with Crippen molar-refractivity contribution in [2.24, 2.45) is 5.92 Å². The second-order valence-corrected chi connectivity index (χ2v) is 7.95.